The van der Waals surface area contributed by atoms with Gasteiger partial charge in [-0.1, -0.05) is 12.1 Å². The van der Waals surface area contributed by atoms with Crippen molar-refractivity contribution in [1.29, 1.82) is 0 Å². The molecule has 2 rings (SSSR count). The van der Waals surface area contributed by atoms with Crippen LogP contribution in [0.3, 0.4) is 0 Å². The highest BCUT2D eigenvalue weighted by molar-refractivity contribution is 9.10. The Kier molecular flexibility index (Phi) is 3.69. The van der Waals surface area contributed by atoms with Crippen LogP contribution in [0.2, 0.25) is 0 Å². The molecule has 2 aromatic rings. The van der Waals surface area contributed by atoms with Crippen LogP contribution in [0.25, 0.3) is 0 Å². The maximum atomic E-state index is 10.5. The van der Waals surface area contributed by atoms with Crippen molar-refractivity contribution in [3.8, 4) is 5.75 Å². The number of carbonyl (C=O) groups excluding carboxylic acids is 1. The van der Waals surface area contributed by atoms with Gasteiger partial charge in [0.1, 0.15) is 17.4 Å². The van der Waals surface area contributed by atoms with Crippen molar-refractivity contribution in [2.75, 3.05) is 0 Å². The summed E-state index contributed by atoms with van der Waals surface area (Å²) in [5.74, 6) is 0.769. The predicted octanol–water partition coefficient (Wildman–Crippen LogP) is 3.30. The number of aldehydes is 1. The van der Waals surface area contributed by atoms with Gasteiger partial charge in [0, 0.05) is 6.20 Å². The normalized spacial score (nSPS) is 10.1. The summed E-state index contributed by atoms with van der Waals surface area (Å²) in [6, 6.07) is 7.61. The molecule has 0 radical (unpaired) electrons. The molecule has 0 aliphatic carbocycles. The topological polar surface area (TPSA) is 39.2 Å². The molecule has 0 spiro atoms. The quantitative estimate of drug-likeness (QED) is 0.813. The third-order valence-electron chi connectivity index (χ3n) is 1.88. The number of thiazole rings is 1. The van der Waals surface area contributed by atoms with E-state index in [1.54, 1.807) is 6.20 Å². The summed E-state index contributed by atoms with van der Waals surface area (Å²) < 4.78 is 6.47. The van der Waals surface area contributed by atoms with Crippen molar-refractivity contribution in [3.63, 3.8) is 0 Å². The number of carbonyl (C=O) groups is 1. The van der Waals surface area contributed by atoms with Crippen LogP contribution in [0.5, 0.6) is 5.75 Å². The Labute approximate surface area is 105 Å². The van der Waals surface area contributed by atoms with E-state index in [1.807, 2.05) is 24.3 Å². The lowest BCUT2D eigenvalue weighted by atomic mass is 10.3. The fourth-order valence-corrected chi connectivity index (χ4v) is 2.19. The number of nitrogens with zero attached hydrogens (tertiary/aromatic N) is 1. The van der Waals surface area contributed by atoms with E-state index in [1.165, 1.54) is 11.3 Å². The molecule has 0 N–H and O–H groups in total. The van der Waals surface area contributed by atoms with Crippen molar-refractivity contribution in [1.82, 2.24) is 4.98 Å². The largest absolute Gasteiger partial charge is 0.485 e. The minimum atomic E-state index is 0.376. The molecule has 3 nitrogen and oxygen atoms in total. The van der Waals surface area contributed by atoms with E-state index < -0.39 is 0 Å². The van der Waals surface area contributed by atoms with E-state index in [0.29, 0.717) is 11.5 Å². The van der Waals surface area contributed by atoms with Crippen LogP contribution in [0.4, 0.5) is 0 Å². The molecule has 0 amide bonds. The number of hydrogen-bond donors (Lipinski definition) is 0. The van der Waals surface area contributed by atoms with Crippen molar-refractivity contribution in [2.45, 2.75) is 6.61 Å². The molecule has 0 saturated heterocycles. The van der Waals surface area contributed by atoms with Gasteiger partial charge in [-0.2, -0.15) is 0 Å². The van der Waals surface area contributed by atoms with E-state index in [9.17, 15) is 4.79 Å². The van der Waals surface area contributed by atoms with Gasteiger partial charge in [0.15, 0.2) is 6.29 Å². The van der Waals surface area contributed by atoms with Gasteiger partial charge in [-0.3, -0.25) is 4.79 Å². The second kappa shape index (κ2) is 5.23. The summed E-state index contributed by atoms with van der Waals surface area (Å²) in [5.41, 5.74) is 0. The van der Waals surface area contributed by atoms with E-state index >= 15 is 0 Å². The molecule has 16 heavy (non-hydrogen) atoms. The van der Waals surface area contributed by atoms with E-state index in [-0.39, 0.29) is 0 Å². The van der Waals surface area contributed by atoms with E-state index in [0.717, 1.165) is 21.5 Å². The zero-order valence-electron chi connectivity index (χ0n) is 8.22. The molecule has 0 atom stereocenters. The maximum Gasteiger partial charge on any atom is 0.161 e. The fourth-order valence-electron chi connectivity index (χ4n) is 1.15. The van der Waals surface area contributed by atoms with Crippen molar-refractivity contribution in [3.05, 3.63) is 44.8 Å². The predicted molar refractivity (Wildman–Crippen MR) is 66.0 cm³/mol. The molecule has 1 aromatic carbocycles. The molecule has 82 valence electrons. The van der Waals surface area contributed by atoms with Gasteiger partial charge < -0.3 is 4.74 Å². The monoisotopic (exact) mass is 297 g/mol. The van der Waals surface area contributed by atoms with Gasteiger partial charge in [-0.15, -0.1) is 11.3 Å². The third-order valence-corrected chi connectivity index (χ3v) is 3.43. The summed E-state index contributed by atoms with van der Waals surface area (Å²) in [5, 5.41) is 0.790. The zero-order valence-corrected chi connectivity index (χ0v) is 10.6. The molecule has 0 unspecified atom stereocenters. The SMILES string of the molecule is O=Cc1cnc(COc2ccccc2Br)s1. The Hall–Kier alpha value is -1.20. The first kappa shape index (κ1) is 11.3. The summed E-state index contributed by atoms with van der Waals surface area (Å²) in [7, 11) is 0. The molecular weight excluding hydrogens is 290 g/mol. The number of ether oxygens (including phenoxy) is 1. The third kappa shape index (κ3) is 2.68. The summed E-state index contributed by atoms with van der Waals surface area (Å²) >= 11 is 4.73. The number of aromatic nitrogens is 1. The van der Waals surface area contributed by atoms with E-state index in [4.69, 9.17) is 4.74 Å². The Morgan fingerprint density at radius 2 is 2.25 bits per heavy atom. The Morgan fingerprint density at radius 1 is 1.44 bits per heavy atom. The highest BCUT2D eigenvalue weighted by Gasteiger charge is 2.03. The van der Waals surface area contributed by atoms with Gasteiger partial charge in [0.2, 0.25) is 0 Å². The van der Waals surface area contributed by atoms with E-state index in [2.05, 4.69) is 20.9 Å². The Balaban J connectivity index is 2.02. The van der Waals surface area contributed by atoms with Gasteiger partial charge in [-0.05, 0) is 28.1 Å². The highest BCUT2D eigenvalue weighted by atomic mass is 79.9. The standard InChI is InChI=1S/C11H8BrNO2S/c12-9-3-1-2-4-10(9)15-7-11-13-5-8(6-14)16-11/h1-6H,7H2. The first-order valence-corrected chi connectivity index (χ1v) is 6.18. The van der Waals surface area contributed by atoms with Crippen LogP contribution in [0, 0.1) is 0 Å². The maximum absolute atomic E-state index is 10.5. The highest BCUT2D eigenvalue weighted by Crippen LogP contribution is 2.25. The lowest BCUT2D eigenvalue weighted by Crippen LogP contribution is -1.94. The number of para-hydroxylation sites is 1. The van der Waals surface area contributed by atoms with Crippen molar-refractivity contribution in [2.24, 2.45) is 0 Å². The zero-order chi connectivity index (χ0) is 11.4. The van der Waals surface area contributed by atoms with Crippen LogP contribution < -0.4 is 4.74 Å². The average molecular weight is 298 g/mol. The second-order valence-electron chi connectivity index (χ2n) is 2.99. The minimum Gasteiger partial charge on any atom is -0.485 e. The van der Waals surface area contributed by atoms with Crippen molar-refractivity contribution < 1.29 is 9.53 Å². The van der Waals surface area contributed by atoms with Crippen LogP contribution in [0.15, 0.2) is 34.9 Å². The number of hydrogen-bond acceptors (Lipinski definition) is 4. The number of rotatable bonds is 4. The molecule has 1 aromatic heterocycles. The van der Waals surface area contributed by atoms with Crippen molar-refractivity contribution >= 4 is 33.6 Å². The second-order valence-corrected chi connectivity index (χ2v) is 4.99. The van der Waals surface area contributed by atoms with Crippen LogP contribution in [0.1, 0.15) is 14.7 Å². The van der Waals surface area contributed by atoms with Crippen LogP contribution in [-0.4, -0.2) is 11.3 Å². The Bertz CT molecular complexity index is 498. The van der Waals surface area contributed by atoms with Gasteiger partial charge >= 0.3 is 0 Å². The lowest BCUT2D eigenvalue weighted by molar-refractivity contribution is 0.112. The molecule has 0 fully saturated rings. The smallest absolute Gasteiger partial charge is 0.161 e. The molecule has 1 heterocycles. The van der Waals surface area contributed by atoms with Gasteiger partial charge in [0.05, 0.1) is 9.35 Å². The number of benzene rings is 1. The first-order valence-electron chi connectivity index (χ1n) is 4.57. The summed E-state index contributed by atoms with van der Waals surface area (Å²) in [6.45, 7) is 0.376. The molecule has 5 heteroatoms. The molecule has 0 aliphatic heterocycles. The van der Waals surface area contributed by atoms with Gasteiger partial charge in [-0.25, -0.2) is 4.98 Å². The van der Waals surface area contributed by atoms with Crippen LogP contribution in [-0.2, 0) is 6.61 Å². The fraction of sp³-hybridized carbons (Fsp3) is 0.0909. The molecular formula is C11H8BrNO2S. The molecule has 0 saturated carbocycles. The Morgan fingerprint density at radius 3 is 2.94 bits per heavy atom. The molecule has 0 bridgehead atoms. The van der Waals surface area contributed by atoms with Crippen LogP contribution >= 0.6 is 27.3 Å². The lowest BCUT2D eigenvalue weighted by Gasteiger charge is -2.05. The summed E-state index contributed by atoms with van der Waals surface area (Å²) in [4.78, 5) is 15.2. The minimum absolute atomic E-state index is 0.376. The molecule has 0 aliphatic rings. The number of halogens is 1. The average Bonchev–Trinajstić information content (AvgIpc) is 2.76. The summed E-state index contributed by atoms with van der Waals surface area (Å²) in [6.07, 6.45) is 2.34. The first-order chi connectivity index (χ1) is 7.79. The van der Waals surface area contributed by atoms with Gasteiger partial charge in [0.25, 0.3) is 0 Å².